The highest BCUT2D eigenvalue weighted by molar-refractivity contribution is 6.40. The van der Waals surface area contributed by atoms with Crippen LogP contribution in [0.25, 0.3) is 0 Å². The van der Waals surface area contributed by atoms with E-state index in [-0.39, 0.29) is 12.1 Å². The molecule has 1 amide bonds. The van der Waals surface area contributed by atoms with Gasteiger partial charge in [-0.1, -0.05) is 18.2 Å². The molecule has 0 aliphatic carbocycles. The van der Waals surface area contributed by atoms with Gasteiger partial charge in [-0.3, -0.25) is 4.79 Å². The molecule has 0 spiro atoms. The smallest absolute Gasteiger partial charge is 0.410 e. The Kier molecular flexibility index (Phi) is 4.21. The van der Waals surface area contributed by atoms with Crippen molar-refractivity contribution in [2.75, 3.05) is 6.54 Å². The molecule has 1 N–H and O–H groups in total. The Morgan fingerprint density at radius 1 is 1.23 bits per heavy atom. The first-order valence-electron chi connectivity index (χ1n) is 7.05. The predicted molar refractivity (Wildman–Crippen MR) is 78.8 cm³/mol. The fraction of sp³-hybridized carbons (Fsp3) is 0.438. The second-order valence-electron chi connectivity index (χ2n) is 6.23. The maximum Gasteiger partial charge on any atom is 0.410 e. The number of ether oxygens (including phenoxy) is 1. The minimum Gasteiger partial charge on any atom is -0.475 e. The van der Waals surface area contributed by atoms with Crippen LogP contribution in [0.3, 0.4) is 0 Å². The van der Waals surface area contributed by atoms with Crippen molar-refractivity contribution in [1.82, 2.24) is 4.90 Å². The summed E-state index contributed by atoms with van der Waals surface area (Å²) in [6.07, 6.45) is 0.103. The molecule has 0 atom stereocenters. The van der Waals surface area contributed by atoms with Crippen molar-refractivity contribution in [3.8, 4) is 0 Å². The second-order valence-corrected chi connectivity index (χ2v) is 6.23. The third-order valence-electron chi connectivity index (χ3n) is 3.36. The number of carbonyl (C=O) groups excluding carboxylic acids is 2. The van der Waals surface area contributed by atoms with Crippen molar-refractivity contribution in [2.45, 2.75) is 39.3 Å². The highest BCUT2D eigenvalue weighted by atomic mass is 16.6. The highest BCUT2D eigenvalue weighted by Crippen LogP contribution is 2.24. The Hall–Kier alpha value is -2.37. The van der Waals surface area contributed by atoms with Crippen LogP contribution >= 0.6 is 0 Å². The van der Waals surface area contributed by atoms with Crippen molar-refractivity contribution in [1.29, 1.82) is 0 Å². The zero-order valence-electron chi connectivity index (χ0n) is 12.9. The summed E-state index contributed by atoms with van der Waals surface area (Å²) in [5.41, 5.74) is 1.02. The minimum absolute atomic E-state index is 0.137. The van der Waals surface area contributed by atoms with E-state index in [0.29, 0.717) is 18.5 Å². The lowest BCUT2D eigenvalue weighted by molar-refractivity contribution is -0.131. The third-order valence-corrected chi connectivity index (χ3v) is 3.36. The molecule has 0 bridgehead atoms. The van der Waals surface area contributed by atoms with Crippen LogP contribution in [0, 0.1) is 0 Å². The zero-order chi connectivity index (χ0) is 16.5. The van der Waals surface area contributed by atoms with Crippen LogP contribution in [0.15, 0.2) is 18.2 Å². The SMILES string of the molecule is CC(C)(C)OC(=O)N1CCc2cccc(C(=O)C(=O)O)c2C1. The van der Waals surface area contributed by atoms with Gasteiger partial charge in [-0.15, -0.1) is 0 Å². The molecule has 118 valence electrons. The predicted octanol–water partition coefficient (Wildman–Crippen LogP) is 2.25. The summed E-state index contributed by atoms with van der Waals surface area (Å²) in [5, 5.41) is 8.91. The molecule has 1 aliphatic heterocycles. The third kappa shape index (κ3) is 3.44. The second kappa shape index (κ2) is 5.79. The number of hydrogen-bond acceptors (Lipinski definition) is 4. The van der Waals surface area contributed by atoms with E-state index in [2.05, 4.69) is 0 Å². The number of rotatable bonds is 2. The van der Waals surface area contributed by atoms with Crippen LogP contribution in [-0.4, -0.2) is 40.0 Å². The molecule has 1 aliphatic rings. The summed E-state index contributed by atoms with van der Waals surface area (Å²) in [6.45, 7) is 6.00. The quantitative estimate of drug-likeness (QED) is 0.669. The van der Waals surface area contributed by atoms with Crippen molar-refractivity contribution in [2.24, 2.45) is 0 Å². The molecule has 0 fully saturated rings. The van der Waals surface area contributed by atoms with E-state index >= 15 is 0 Å². The average molecular weight is 305 g/mol. The van der Waals surface area contributed by atoms with Crippen LogP contribution in [0.4, 0.5) is 4.79 Å². The number of carboxylic acid groups (broad SMARTS) is 1. The molecule has 2 rings (SSSR count). The number of amides is 1. The van der Waals surface area contributed by atoms with E-state index in [1.165, 1.54) is 11.0 Å². The summed E-state index contributed by atoms with van der Waals surface area (Å²) >= 11 is 0. The van der Waals surface area contributed by atoms with Gasteiger partial charge in [0.25, 0.3) is 5.78 Å². The molecular weight excluding hydrogens is 286 g/mol. The van der Waals surface area contributed by atoms with Gasteiger partial charge in [0.05, 0.1) is 6.54 Å². The molecular formula is C16H19NO5. The van der Waals surface area contributed by atoms with Crippen molar-refractivity contribution >= 4 is 17.8 Å². The first kappa shape index (κ1) is 16.0. The molecule has 6 heteroatoms. The van der Waals surface area contributed by atoms with Crippen LogP contribution in [0.2, 0.25) is 0 Å². The van der Waals surface area contributed by atoms with E-state index < -0.39 is 23.4 Å². The Morgan fingerprint density at radius 2 is 1.91 bits per heavy atom. The van der Waals surface area contributed by atoms with Gasteiger partial charge in [-0.25, -0.2) is 9.59 Å². The summed E-state index contributed by atoms with van der Waals surface area (Å²) in [4.78, 5) is 36.4. The van der Waals surface area contributed by atoms with Crippen molar-refractivity contribution in [3.05, 3.63) is 34.9 Å². The van der Waals surface area contributed by atoms with E-state index in [1.807, 2.05) is 6.07 Å². The molecule has 0 radical (unpaired) electrons. The van der Waals surface area contributed by atoms with Gasteiger partial charge >= 0.3 is 12.1 Å². The molecule has 0 saturated heterocycles. The number of ketones is 1. The summed E-state index contributed by atoms with van der Waals surface area (Å²) < 4.78 is 5.33. The molecule has 1 heterocycles. The molecule has 0 aromatic heterocycles. The number of nitrogens with zero attached hydrogens (tertiary/aromatic N) is 1. The molecule has 6 nitrogen and oxygen atoms in total. The molecule has 1 aromatic rings. The van der Waals surface area contributed by atoms with E-state index in [4.69, 9.17) is 9.84 Å². The maximum atomic E-state index is 12.1. The van der Waals surface area contributed by atoms with E-state index in [0.717, 1.165) is 5.56 Å². The van der Waals surface area contributed by atoms with Gasteiger partial charge in [0, 0.05) is 12.1 Å². The molecule has 1 aromatic carbocycles. The number of Topliss-reactive ketones (excluding diaryl/α,β-unsaturated/α-hetero) is 1. The summed E-state index contributed by atoms with van der Waals surface area (Å²) in [5.74, 6) is -2.45. The molecule has 0 saturated carbocycles. The van der Waals surface area contributed by atoms with Gasteiger partial charge in [-0.2, -0.15) is 0 Å². The molecule has 22 heavy (non-hydrogen) atoms. The molecule has 0 unspecified atom stereocenters. The fourth-order valence-corrected chi connectivity index (χ4v) is 2.39. The maximum absolute atomic E-state index is 12.1. The van der Waals surface area contributed by atoms with Gasteiger partial charge in [0.2, 0.25) is 0 Å². The normalized spacial score (nSPS) is 14.2. The first-order chi connectivity index (χ1) is 10.2. The minimum atomic E-state index is -1.50. The number of aliphatic carboxylic acids is 1. The Morgan fingerprint density at radius 3 is 2.50 bits per heavy atom. The van der Waals surface area contributed by atoms with E-state index in [9.17, 15) is 14.4 Å². The number of benzene rings is 1. The van der Waals surface area contributed by atoms with Crippen LogP contribution in [0.5, 0.6) is 0 Å². The van der Waals surface area contributed by atoms with E-state index in [1.54, 1.807) is 26.8 Å². The number of carbonyl (C=O) groups is 3. The van der Waals surface area contributed by atoms with Crippen LogP contribution in [-0.2, 0) is 22.5 Å². The monoisotopic (exact) mass is 305 g/mol. The zero-order valence-corrected chi connectivity index (χ0v) is 12.9. The highest BCUT2D eigenvalue weighted by Gasteiger charge is 2.29. The summed E-state index contributed by atoms with van der Waals surface area (Å²) in [7, 11) is 0. The van der Waals surface area contributed by atoms with Crippen LogP contribution < -0.4 is 0 Å². The lowest BCUT2D eigenvalue weighted by atomic mass is 9.93. The fourth-order valence-electron chi connectivity index (χ4n) is 2.39. The Balaban J connectivity index is 2.27. The van der Waals surface area contributed by atoms with Crippen molar-refractivity contribution in [3.63, 3.8) is 0 Å². The lowest BCUT2D eigenvalue weighted by Crippen LogP contribution is -2.40. The standard InChI is InChI=1S/C16H19NO5/c1-16(2,3)22-15(21)17-8-7-10-5-4-6-11(12(10)9-17)13(18)14(19)20/h4-6H,7-9H2,1-3H3,(H,19,20). The first-order valence-corrected chi connectivity index (χ1v) is 7.05. The van der Waals surface area contributed by atoms with Crippen molar-refractivity contribution < 1.29 is 24.2 Å². The van der Waals surface area contributed by atoms with Gasteiger partial charge in [0.1, 0.15) is 5.60 Å². The largest absolute Gasteiger partial charge is 0.475 e. The summed E-state index contributed by atoms with van der Waals surface area (Å²) in [6, 6.07) is 4.99. The number of carboxylic acids is 1. The number of hydrogen-bond donors (Lipinski definition) is 1. The van der Waals surface area contributed by atoms with Crippen LogP contribution in [0.1, 0.15) is 42.3 Å². The average Bonchev–Trinajstić information content (AvgIpc) is 2.43. The van der Waals surface area contributed by atoms with Gasteiger partial charge in [-0.05, 0) is 38.3 Å². The topological polar surface area (TPSA) is 83.9 Å². The Labute approximate surface area is 128 Å². The number of fused-ring (bicyclic) bond motifs is 1. The van der Waals surface area contributed by atoms with Gasteiger partial charge < -0.3 is 14.7 Å². The van der Waals surface area contributed by atoms with Gasteiger partial charge in [0.15, 0.2) is 0 Å². The lowest BCUT2D eigenvalue weighted by Gasteiger charge is -2.31. The Bertz CT molecular complexity index is 630.